The second-order valence-corrected chi connectivity index (χ2v) is 5.56. The predicted octanol–water partition coefficient (Wildman–Crippen LogP) is 5.72. The van der Waals surface area contributed by atoms with Gasteiger partial charge in [0.05, 0.1) is 6.33 Å². The lowest BCUT2D eigenvalue weighted by Crippen LogP contribution is -1.96. The lowest BCUT2D eigenvalue weighted by atomic mass is 10.1. The fourth-order valence-corrected chi connectivity index (χ4v) is 2.42. The summed E-state index contributed by atoms with van der Waals surface area (Å²) in [5.74, 6) is 0. The first-order valence-electron chi connectivity index (χ1n) is 7.11. The van der Waals surface area contributed by atoms with Crippen LogP contribution in [0.4, 0.5) is 0 Å². The Morgan fingerprint density at radius 3 is 2.00 bits per heavy atom. The van der Waals surface area contributed by atoms with Gasteiger partial charge in [-0.2, -0.15) is 0 Å². The standard InChI is InChI=1S/C14H24Cl2N2/c1-2-3-4-5-6-7-8-9-10-11-18-12-17-13(15)14(18)16/h12H,2-11H2,1H3. The van der Waals surface area contributed by atoms with Crippen LogP contribution in [0.3, 0.4) is 0 Å². The summed E-state index contributed by atoms with van der Waals surface area (Å²) in [4.78, 5) is 3.97. The van der Waals surface area contributed by atoms with Gasteiger partial charge in [-0.05, 0) is 6.42 Å². The molecule has 0 saturated carbocycles. The van der Waals surface area contributed by atoms with Crippen molar-refractivity contribution in [3.05, 3.63) is 16.6 Å². The van der Waals surface area contributed by atoms with E-state index in [0.717, 1.165) is 13.0 Å². The SMILES string of the molecule is CCCCCCCCCCCn1cnc(Cl)c1Cl. The molecule has 0 bridgehead atoms. The number of aromatic nitrogens is 2. The van der Waals surface area contributed by atoms with Crippen LogP contribution >= 0.6 is 23.2 Å². The van der Waals surface area contributed by atoms with Crippen LogP contribution in [-0.4, -0.2) is 9.55 Å². The summed E-state index contributed by atoms with van der Waals surface area (Å²) < 4.78 is 1.92. The maximum Gasteiger partial charge on any atom is 0.166 e. The second kappa shape index (κ2) is 9.69. The van der Waals surface area contributed by atoms with E-state index < -0.39 is 0 Å². The topological polar surface area (TPSA) is 17.8 Å². The van der Waals surface area contributed by atoms with Gasteiger partial charge in [0.2, 0.25) is 0 Å². The Morgan fingerprint density at radius 2 is 1.50 bits per heavy atom. The van der Waals surface area contributed by atoms with Crippen molar-refractivity contribution in [1.82, 2.24) is 9.55 Å². The molecule has 0 amide bonds. The molecule has 0 N–H and O–H groups in total. The molecule has 0 aliphatic heterocycles. The van der Waals surface area contributed by atoms with Gasteiger partial charge in [0, 0.05) is 6.54 Å². The number of unbranched alkanes of at least 4 members (excludes halogenated alkanes) is 8. The zero-order chi connectivity index (χ0) is 13.2. The van der Waals surface area contributed by atoms with Crippen molar-refractivity contribution in [2.45, 2.75) is 71.3 Å². The van der Waals surface area contributed by atoms with Gasteiger partial charge in [-0.3, -0.25) is 0 Å². The molecule has 4 heteroatoms. The van der Waals surface area contributed by atoms with Crippen molar-refractivity contribution in [3.8, 4) is 0 Å². The molecule has 0 aromatic carbocycles. The average Bonchev–Trinajstić information content (AvgIpc) is 2.68. The molecule has 2 nitrogen and oxygen atoms in total. The number of aryl methyl sites for hydroxylation is 1. The van der Waals surface area contributed by atoms with Crippen molar-refractivity contribution in [3.63, 3.8) is 0 Å². The van der Waals surface area contributed by atoms with Gasteiger partial charge in [-0.15, -0.1) is 0 Å². The molecule has 0 spiro atoms. The molecule has 0 atom stereocenters. The Kier molecular flexibility index (Phi) is 8.53. The van der Waals surface area contributed by atoms with E-state index in [-0.39, 0.29) is 0 Å². The summed E-state index contributed by atoms with van der Waals surface area (Å²) in [5.41, 5.74) is 0. The fourth-order valence-electron chi connectivity index (χ4n) is 2.09. The van der Waals surface area contributed by atoms with E-state index in [1.165, 1.54) is 51.4 Å². The van der Waals surface area contributed by atoms with Gasteiger partial charge >= 0.3 is 0 Å². The van der Waals surface area contributed by atoms with Gasteiger partial charge in [0.1, 0.15) is 5.15 Å². The first-order chi connectivity index (χ1) is 8.75. The lowest BCUT2D eigenvalue weighted by molar-refractivity contribution is 0.539. The third-order valence-corrected chi connectivity index (χ3v) is 4.00. The van der Waals surface area contributed by atoms with E-state index >= 15 is 0 Å². The van der Waals surface area contributed by atoms with Crippen molar-refractivity contribution in [2.24, 2.45) is 0 Å². The minimum atomic E-state index is 0.410. The third kappa shape index (κ3) is 6.10. The van der Waals surface area contributed by atoms with Crippen molar-refractivity contribution >= 4 is 23.2 Å². The zero-order valence-electron chi connectivity index (χ0n) is 11.3. The van der Waals surface area contributed by atoms with Crippen LogP contribution in [-0.2, 0) is 6.54 Å². The van der Waals surface area contributed by atoms with E-state index in [0.29, 0.717) is 10.3 Å². The number of hydrogen-bond donors (Lipinski definition) is 0. The molecule has 0 aliphatic rings. The molecule has 0 aliphatic carbocycles. The number of imidazole rings is 1. The summed E-state index contributed by atoms with van der Waals surface area (Å²) >= 11 is 11.8. The minimum absolute atomic E-state index is 0.410. The molecule has 18 heavy (non-hydrogen) atoms. The first kappa shape index (κ1) is 15.8. The monoisotopic (exact) mass is 290 g/mol. The average molecular weight is 291 g/mol. The quantitative estimate of drug-likeness (QED) is 0.504. The molecular weight excluding hydrogens is 267 g/mol. The molecule has 0 radical (unpaired) electrons. The fraction of sp³-hybridized carbons (Fsp3) is 0.786. The summed E-state index contributed by atoms with van der Waals surface area (Å²) in [6, 6.07) is 0. The normalized spacial score (nSPS) is 11.1. The number of halogens is 2. The highest BCUT2D eigenvalue weighted by Crippen LogP contribution is 2.20. The van der Waals surface area contributed by atoms with Crippen LogP contribution in [0.25, 0.3) is 0 Å². The Labute approximate surface area is 121 Å². The van der Waals surface area contributed by atoms with E-state index in [2.05, 4.69) is 11.9 Å². The summed E-state index contributed by atoms with van der Waals surface area (Å²) in [7, 11) is 0. The van der Waals surface area contributed by atoms with Crippen LogP contribution < -0.4 is 0 Å². The Balaban J connectivity index is 1.94. The molecule has 1 rings (SSSR count). The van der Waals surface area contributed by atoms with Crippen LogP contribution in [0.1, 0.15) is 64.7 Å². The van der Waals surface area contributed by atoms with E-state index in [1.54, 1.807) is 6.33 Å². The first-order valence-corrected chi connectivity index (χ1v) is 7.87. The van der Waals surface area contributed by atoms with Gasteiger partial charge in [-0.25, -0.2) is 4.98 Å². The van der Waals surface area contributed by atoms with Gasteiger partial charge in [0.15, 0.2) is 5.15 Å². The summed E-state index contributed by atoms with van der Waals surface area (Å²) in [5, 5.41) is 0.976. The van der Waals surface area contributed by atoms with Crippen LogP contribution in [0.2, 0.25) is 10.3 Å². The van der Waals surface area contributed by atoms with Gasteiger partial charge in [0.25, 0.3) is 0 Å². The van der Waals surface area contributed by atoms with Crippen molar-refractivity contribution < 1.29 is 0 Å². The van der Waals surface area contributed by atoms with Crippen LogP contribution in [0, 0.1) is 0 Å². The molecule has 1 heterocycles. The number of hydrogen-bond acceptors (Lipinski definition) is 1. The maximum absolute atomic E-state index is 5.99. The van der Waals surface area contributed by atoms with Crippen LogP contribution in [0.5, 0.6) is 0 Å². The Morgan fingerprint density at radius 1 is 0.944 bits per heavy atom. The molecule has 104 valence electrons. The highest BCUT2D eigenvalue weighted by atomic mass is 35.5. The van der Waals surface area contributed by atoms with Crippen molar-refractivity contribution in [1.29, 1.82) is 0 Å². The molecule has 1 aromatic rings. The van der Waals surface area contributed by atoms with Crippen molar-refractivity contribution in [2.75, 3.05) is 0 Å². The van der Waals surface area contributed by atoms with E-state index in [9.17, 15) is 0 Å². The zero-order valence-corrected chi connectivity index (χ0v) is 12.8. The molecule has 0 unspecified atom stereocenters. The molecule has 1 aromatic heterocycles. The molecular formula is C14H24Cl2N2. The molecule has 0 saturated heterocycles. The number of nitrogens with zero attached hydrogens (tertiary/aromatic N) is 2. The highest BCUT2D eigenvalue weighted by molar-refractivity contribution is 6.40. The molecule has 0 fully saturated rings. The van der Waals surface area contributed by atoms with E-state index in [1.807, 2.05) is 4.57 Å². The third-order valence-electron chi connectivity index (χ3n) is 3.24. The lowest BCUT2D eigenvalue weighted by Gasteiger charge is -2.04. The Hall–Kier alpha value is -0.210. The highest BCUT2D eigenvalue weighted by Gasteiger charge is 2.04. The smallest absolute Gasteiger partial charge is 0.166 e. The second-order valence-electron chi connectivity index (χ2n) is 4.85. The Bertz CT molecular complexity index is 324. The number of rotatable bonds is 10. The van der Waals surface area contributed by atoms with Gasteiger partial charge in [-0.1, -0.05) is 81.5 Å². The van der Waals surface area contributed by atoms with E-state index in [4.69, 9.17) is 23.2 Å². The predicted molar refractivity (Wildman–Crippen MR) is 79.5 cm³/mol. The minimum Gasteiger partial charge on any atom is -0.320 e. The summed E-state index contributed by atoms with van der Waals surface area (Å²) in [6.07, 6.45) is 13.7. The van der Waals surface area contributed by atoms with Gasteiger partial charge < -0.3 is 4.57 Å². The largest absolute Gasteiger partial charge is 0.320 e. The summed E-state index contributed by atoms with van der Waals surface area (Å²) in [6.45, 7) is 3.18. The van der Waals surface area contributed by atoms with Crippen LogP contribution in [0.15, 0.2) is 6.33 Å². The maximum atomic E-state index is 5.99.